The average Bonchev–Trinajstić information content (AvgIpc) is 2.73. The largest absolute Gasteiger partial charge is 0.370 e. The lowest BCUT2D eigenvalue weighted by Gasteiger charge is -2.28. The highest BCUT2D eigenvalue weighted by molar-refractivity contribution is 5.92. The number of carbonyl (C=O) groups is 1. The molecule has 0 saturated carbocycles. The lowest BCUT2D eigenvalue weighted by atomic mass is 10.1. The van der Waals surface area contributed by atoms with Gasteiger partial charge in [-0.15, -0.1) is 0 Å². The molecule has 0 unspecified atom stereocenters. The van der Waals surface area contributed by atoms with Crippen LogP contribution in [0.5, 0.6) is 0 Å². The third kappa shape index (κ3) is 5.73. The molecule has 146 valence electrons. The summed E-state index contributed by atoms with van der Waals surface area (Å²) in [7, 11) is 0. The molecule has 1 fully saturated rings. The molecular weight excluding hydrogens is 358 g/mol. The van der Waals surface area contributed by atoms with Gasteiger partial charge in [0.2, 0.25) is 5.91 Å². The van der Waals surface area contributed by atoms with E-state index in [1.165, 1.54) is 23.1 Å². The summed E-state index contributed by atoms with van der Waals surface area (Å²) < 4.78 is 5.41. The van der Waals surface area contributed by atoms with Crippen molar-refractivity contribution < 1.29 is 19.4 Å². The first-order valence-corrected chi connectivity index (χ1v) is 9.31. The van der Waals surface area contributed by atoms with E-state index in [1.807, 2.05) is 30.3 Å². The molecule has 0 radical (unpaired) electrons. The van der Waals surface area contributed by atoms with E-state index in [9.17, 15) is 14.9 Å². The number of rotatable bonds is 7. The van der Waals surface area contributed by atoms with Crippen molar-refractivity contribution in [3.63, 3.8) is 0 Å². The zero-order valence-corrected chi connectivity index (χ0v) is 15.5. The molecule has 2 N–H and O–H groups in total. The molecule has 1 atom stereocenters. The number of amides is 1. The van der Waals surface area contributed by atoms with E-state index in [-0.39, 0.29) is 17.6 Å². The normalized spacial score (nSPS) is 16.0. The Kier molecular flexibility index (Phi) is 6.89. The zero-order chi connectivity index (χ0) is 19.8. The van der Waals surface area contributed by atoms with Gasteiger partial charge in [-0.3, -0.25) is 14.9 Å². The number of hydrogen-bond acceptors (Lipinski definition) is 4. The lowest BCUT2D eigenvalue weighted by molar-refractivity contribution is -0.909. The van der Waals surface area contributed by atoms with Gasteiger partial charge in [0.05, 0.1) is 18.1 Å². The van der Waals surface area contributed by atoms with Gasteiger partial charge in [-0.2, -0.15) is 0 Å². The highest BCUT2D eigenvalue weighted by atomic mass is 16.6. The van der Waals surface area contributed by atoms with Crippen molar-refractivity contribution in [2.45, 2.75) is 6.04 Å². The fourth-order valence-electron chi connectivity index (χ4n) is 3.22. The molecule has 1 aliphatic heterocycles. The molecule has 1 saturated heterocycles. The van der Waals surface area contributed by atoms with Crippen LogP contribution in [-0.4, -0.2) is 43.7 Å². The van der Waals surface area contributed by atoms with Crippen LogP contribution in [0.15, 0.2) is 60.7 Å². The highest BCUT2D eigenvalue weighted by Crippen LogP contribution is 2.15. The minimum Gasteiger partial charge on any atom is -0.370 e. The number of hydrogen-bond donors (Lipinski definition) is 2. The first-order chi connectivity index (χ1) is 13.6. The van der Waals surface area contributed by atoms with Crippen molar-refractivity contribution in [2.75, 3.05) is 32.8 Å². The molecule has 2 aromatic rings. The van der Waals surface area contributed by atoms with Crippen LogP contribution in [0, 0.1) is 10.1 Å². The fourth-order valence-corrected chi connectivity index (χ4v) is 3.22. The highest BCUT2D eigenvalue weighted by Gasteiger charge is 2.22. The van der Waals surface area contributed by atoms with Gasteiger partial charge in [-0.05, 0) is 17.2 Å². The summed E-state index contributed by atoms with van der Waals surface area (Å²) in [6.07, 6.45) is 3.01. The van der Waals surface area contributed by atoms with Crippen molar-refractivity contribution in [2.24, 2.45) is 0 Å². The number of nitro benzene ring substituents is 1. The van der Waals surface area contributed by atoms with E-state index >= 15 is 0 Å². The number of nitrogens with one attached hydrogen (secondary N) is 2. The maximum atomic E-state index is 12.5. The Balaban J connectivity index is 1.68. The Bertz CT molecular complexity index is 833. The summed E-state index contributed by atoms with van der Waals surface area (Å²) in [5, 5.41) is 13.9. The third-order valence-corrected chi connectivity index (χ3v) is 4.72. The molecule has 0 bridgehead atoms. The molecular formula is C21H24N3O4+. The molecule has 28 heavy (non-hydrogen) atoms. The van der Waals surface area contributed by atoms with Crippen LogP contribution < -0.4 is 10.2 Å². The molecule has 0 spiro atoms. The quantitative estimate of drug-likeness (QED) is 0.430. The predicted molar refractivity (Wildman–Crippen MR) is 106 cm³/mol. The zero-order valence-electron chi connectivity index (χ0n) is 15.5. The molecule has 7 nitrogen and oxygen atoms in total. The van der Waals surface area contributed by atoms with E-state index < -0.39 is 4.92 Å². The molecule has 1 aliphatic rings. The van der Waals surface area contributed by atoms with Crippen LogP contribution >= 0.6 is 0 Å². The van der Waals surface area contributed by atoms with Gasteiger partial charge >= 0.3 is 0 Å². The second kappa shape index (κ2) is 9.77. The van der Waals surface area contributed by atoms with Crippen molar-refractivity contribution in [3.8, 4) is 0 Å². The maximum Gasteiger partial charge on any atom is 0.270 e. The van der Waals surface area contributed by atoms with Gasteiger partial charge in [0.1, 0.15) is 25.7 Å². The number of ether oxygens (including phenoxy) is 1. The van der Waals surface area contributed by atoms with Crippen LogP contribution in [0.1, 0.15) is 17.2 Å². The van der Waals surface area contributed by atoms with E-state index in [0.29, 0.717) is 5.56 Å². The Morgan fingerprint density at radius 1 is 1.18 bits per heavy atom. The number of nitro groups is 1. The summed E-state index contributed by atoms with van der Waals surface area (Å²) in [5.41, 5.74) is 1.67. The van der Waals surface area contributed by atoms with Gasteiger partial charge in [0.15, 0.2) is 0 Å². The monoisotopic (exact) mass is 382 g/mol. The Hall–Kier alpha value is -3.03. The molecule has 3 rings (SSSR count). The summed E-state index contributed by atoms with van der Waals surface area (Å²) in [4.78, 5) is 24.3. The number of carbonyl (C=O) groups excluding carboxylic acids is 1. The molecule has 0 aromatic heterocycles. The minimum absolute atomic E-state index is 0.000590. The molecule has 2 aromatic carbocycles. The minimum atomic E-state index is -0.450. The first-order valence-electron chi connectivity index (χ1n) is 9.31. The van der Waals surface area contributed by atoms with Crippen molar-refractivity contribution >= 4 is 17.7 Å². The molecule has 0 aliphatic carbocycles. The molecule has 7 heteroatoms. The van der Waals surface area contributed by atoms with Crippen LogP contribution in [0.2, 0.25) is 0 Å². The summed E-state index contributed by atoms with van der Waals surface area (Å²) in [5.74, 6) is -0.229. The second-order valence-electron chi connectivity index (χ2n) is 6.72. The van der Waals surface area contributed by atoms with Crippen molar-refractivity contribution in [3.05, 3.63) is 81.9 Å². The number of quaternary nitrogens is 1. The Labute approximate surface area is 163 Å². The van der Waals surface area contributed by atoms with Crippen LogP contribution in [-0.2, 0) is 9.53 Å². The molecule has 1 heterocycles. The van der Waals surface area contributed by atoms with Gasteiger partial charge < -0.3 is 15.0 Å². The summed E-state index contributed by atoms with van der Waals surface area (Å²) in [6.45, 7) is 4.09. The van der Waals surface area contributed by atoms with Crippen LogP contribution in [0.25, 0.3) is 6.08 Å². The van der Waals surface area contributed by atoms with E-state index in [4.69, 9.17) is 4.74 Å². The number of morpholine rings is 1. The third-order valence-electron chi connectivity index (χ3n) is 4.72. The van der Waals surface area contributed by atoms with Crippen molar-refractivity contribution in [1.29, 1.82) is 0 Å². The smallest absolute Gasteiger partial charge is 0.270 e. The number of nitrogens with zero attached hydrogens (tertiary/aromatic N) is 1. The van der Waals surface area contributed by atoms with Crippen LogP contribution in [0.4, 0.5) is 5.69 Å². The lowest BCUT2D eigenvalue weighted by Crippen LogP contribution is -3.14. The topological polar surface area (TPSA) is 85.9 Å². The second-order valence-corrected chi connectivity index (χ2v) is 6.72. The Morgan fingerprint density at radius 2 is 1.93 bits per heavy atom. The standard InChI is InChI=1S/C21H23N3O4/c25-21(10-9-17-5-4-8-19(15-17)24(26)27)22-20(18-6-2-1-3-7-18)16-23-11-13-28-14-12-23/h1-10,15,20H,11-14,16H2,(H,22,25)/p+1/b10-9+/t20-/m0/s1. The van der Waals surface area contributed by atoms with E-state index in [0.717, 1.165) is 38.4 Å². The molecule has 1 amide bonds. The SMILES string of the molecule is O=C(/C=C/c1cccc([N+](=O)[O-])c1)N[C@@H](C[NH+]1CCOCC1)c1ccccc1. The number of benzene rings is 2. The number of non-ortho nitro benzene ring substituents is 1. The predicted octanol–water partition coefficient (Wildman–Crippen LogP) is 1.38. The fraction of sp³-hybridized carbons (Fsp3) is 0.286. The van der Waals surface area contributed by atoms with Gasteiger partial charge in [0.25, 0.3) is 5.69 Å². The van der Waals surface area contributed by atoms with E-state index in [1.54, 1.807) is 18.2 Å². The van der Waals surface area contributed by atoms with Crippen molar-refractivity contribution in [1.82, 2.24) is 5.32 Å². The van der Waals surface area contributed by atoms with Gasteiger partial charge in [0, 0.05) is 18.2 Å². The van der Waals surface area contributed by atoms with E-state index in [2.05, 4.69) is 5.32 Å². The Morgan fingerprint density at radius 3 is 2.64 bits per heavy atom. The maximum absolute atomic E-state index is 12.5. The van der Waals surface area contributed by atoms with Crippen LogP contribution in [0.3, 0.4) is 0 Å². The summed E-state index contributed by atoms with van der Waals surface area (Å²) in [6, 6.07) is 16.0. The van der Waals surface area contributed by atoms with Gasteiger partial charge in [-0.1, -0.05) is 42.5 Å². The van der Waals surface area contributed by atoms with Gasteiger partial charge in [-0.25, -0.2) is 0 Å². The summed E-state index contributed by atoms with van der Waals surface area (Å²) >= 11 is 0. The first kappa shape index (κ1) is 19.7. The average molecular weight is 382 g/mol.